The summed E-state index contributed by atoms with van der Waals surface area (Å²) < 4.78 is 0. The molecule has 0 amide bonds. The first kappa shape index (κ1) is 33.5. The number of hydrogen-bond donors (Lipinski definition) is 0. The van der Waals surface area contributed by atoms with Gasteiger partial charge in [0.2, 0.25) is 0 Å². The third-order valence-electron chi connectivity index (χ3n) is 10.7. The van der Waals surface area contributed by atoms with Crippen molar-refractivity contribution < 1.29 is 0 Å². The van der Waals surface area contributed by atoms with Crippen LogP contribution in [0, 0.1) is 13.8 Å². The van der Waals surface area contributed by atoms with Crippen molar-refractivity contribution in [3.63, 3.8) is 0 Å². The topological polar surface area (TPSA) is 6.48 Å². The van der Waals surface area contributed by atoms with E-state index in [9.17, 15) is 0 Å². The highest BCUT2D eigenvalue weighted by molar-refractivity contribution is 6.29. The molecule has 0 atom stereocenters. The Hall–Kier alpha value is -5.60. The lowest BCUT2D eigenvalue weighted by molar-refractivity contribution is 0.799. The van der Waals surface area contributed by atoms with E-state index >= 15 is 0 Å². The molecular weight excluding hydrogens is 629 g/mol. The van der Waals surface area contributed by atoms with Crippen molar-refractivity contribution in [2.45, 2.75) is 66.2 Å². The van der Waals surface area contributed by atoms with E-state index in [1.165, 1.54) is 77.3 Å². The third-order valence-corrected chi connectivity index (χ3v) is 10.7. The van der Waals surface area contributed by atoms with Crippen LogP contribution in [0.3, 0.4) is 0 Å². The summed E-state index contributed by atoms with van der Waals surface area (Å²) in [5.74, 6) is 0. The molecule has 0 bridgehead atoms. The lowest BCUT2D eigenvalue weighted by atomic mass is 9.85. The first-order valence-electron chi connectivity index (χ1n) is 19.2. The quantitative estimate of drug-likeness (QED) is 0.119. The maximum Gasteiger partial charge on any atom is 0.0540 e. The Labute approximate surface area is 309 Å². The number of aryl methyl sites for hydroxylation is 4. The van der Waals surface area contributed by atoms with Crippen molar-refractivity contribution >= 4 is 66.4 Å². The molecule has 0 aromatic heterocycles. The van der Waals surface area contributed by atoms with Crippen LogP contribution in [-0.4, -0.2) is 0 Å². The van der Waals surface area contributed by atoms with Crippen molar-refractivity contribution in [1.29, 1.82) is 0 Å². The van der Waals surface area contributed by atoms with E-state index in [2.05, 4.69) is 183 Å². The number of nitrogens with zero attached hydrogens (tertiary/aromatic N) is 2. The van der Waals surface area contributed by atoms with E-state index in [1.807, 2.05) is 0 Å². The number of benzene rings is 8. The van der Waals surface area contributed by atoms with Crippen LogP contribution >= 0.6 is 0 Å². The van der Waals surface area contributed by atoms with Gasteiger partial charge in [0, 0.05) is 33.5 Å². The monoisotopic (exact) mass is 676 g/mol. The Morgan fingerprint density at radius 2 is 0.750 bits per heavy atom. The molecule has 0 N–H and O–H groups in total. The first-order valence-corrected chi connectivity index (χ1v) is 19.2. The van der Waals surface area contributed by atoms with Crippen LogP contribution in [0.15, 0.2) is 146 Å². The van der Waals surface area contributed by atoms with Gasteiger partial charge in [-0.25, -0.2) is 0 Å². The van der Waals surface area contributed by atoms with E-state index < -0.39 is 0 Å². The Bertz CT molecular complexity index is 2250. The molecule has 0 fully saturated rings. The van der Waals surface area contributed by atoms with Crippen LogP contribution in [-0.2, 0) is 12.8 Å². The van der Waals surface area contributed by atoms with Gasteiger partial charge >= 0.3 is 0 Å². The maximum absolute atomic E-state index is 2.54. The molecule has 0 aliphatic rings. The van der Waals surface area contributed by atoms with E-state index in [-0.39, 0.29) is 0 Å². The summed E-state index contributed by atoms with van der Waals surface area (Å²) in [4.78, 5) is 4.92. The Morgan fingerprint density at radius 1 is 0.385 bits per heavy atom. The summed E-state index contributed by atoms with van der Waals surface area (Å²) >= 11 is 0. The second-order valence-corrected chi connectivity index (χ2v) is 14.4. The van der Waals surface area contributed by atoms with E-state index in [0.29, 0.717) is 0 Å². The lowest BCUT2D eigenvalue weighted by Gasteiger charge is -2.30. The molecule has 2 nitrogen and oxygen atoms in total. The number of unbranched alkanes of at least 4 members (excludes halogenated alkanes) is 2. The summed E-state index contributed by atoms with van der Waals surface area (Å²) in [5, 5.41) is 8.15. The van der Waals surface area contributed by atoms with E-state index in [1.54, 1.807) is 0 Å². The molecule has 8 aromatic rings. The summed E-state index contributed by atoms with van der Waals surface area (Å²) in [7, 11) is 0. The molecule has 0 spiro atoms. The minimum Gasteiger partial charge on any atom is -0.310 e. The van der Waals surface area contributed by atoms with Crippen LogP contribution in [0.25, 0.3) is 32.3 Å². The molecule has 52 heavy (non-hydrogen) atoms. The molecule has 258 valence electrons. The SMILES string of the molecule is CCCCc1cc2c(N(c3ccccc3)c3ccc(C)cc3)ccc3c(CCCC)cc4c(N(c5ccccc5)c5ccc(C)cc5)ccc1c4c32. The average molecular weight is 677 g/mol. The number of para-hydroxylation sites is 2. The van der Waals surface area contributed by atoms with Crippen LogP contribution in [0.2, 0.25) is 0 Å². The summed E-state index contributed by atoms with van der Waals surface area (Å²) in [6.45, 7) is 8.93. The molecule has 0 saturated carbocycles. The second kappa shape index (κ2) is 14.6. The summed E-state index contributed by atoms with van der Waals surface area (Å²) in [6.07, 6.45) is 6.73. The average Bonchev–Trinajstić information content (AvgIpc) is 3.18. The number of anilines is 6. The molecule has 0 saturated heterocycles. The molecule has 8 rings (SSSR count). The van der Waals surface area contributed by atoms with Crippen molar-refractivity contribution in [2.24, 2.45) is 0 Å². The van der Waals surface area contributed by atoms with Gasteiger partial charge < -0.3 is 9.80 Å². The van der Waals surface area contributed by atoms with Gasteiger partial charge in [0.15, 0.2) is 0 Å². The van der Waals surface area contributed by atoms with Crippen LogP contribution in [0.5, 0.6) is 0 Å². The summed E-state index contributed by atoms with van der Waals surface area (Å²) in [5.41, 5.74) is 12.5. The van der Waals surface area contributed by atoms with Crippen molar-refractivity contribution in [3.8, 4) is 0 Å². The fourth-order valence-corrected chi connectivity index (χ4v) is 8.02. The zero-order valence-corrected chi connectivity index (χ0v) is 31.0. The second-order valence-electron chi connectivity index (χ2n) is 14.4. The van der Waals surface area contributed by atoms with E-state index in [0.717, 1.165) is 49.9 Å². The minimum absolute atomic E-state index is 1.05. The van der Waals surface area contributed by atoms with Gasteiger partial charge in [0.05, 0.1) is 11.4 Å². The van der Waals surface area contributed by atoms with Crippen molar-refractivity contribution in [3.05, 3.63) is 168 Å². The molecule has 8 aromatic carbocycles. The lowest BCUT2D eigenvalue weighted by Crippen LogP contribution is -2.12. The smallest absolute Gasteiger partial charge is 0.0540 e. The molecule has 0 heterocycles. The van der Waals surface area contributed by atoms with Crippen molar-refractivity contribution in [1.82, 2.24) is 0 Å². The Kier molecular flexibility index (Phi) is 9.39. The van der Waals surface area contributed by atoms with Gasteiger partial charge in [0.1, 0.15) is 0 Å². The van der Waals surface area contributed by atoms with Gasteiger partial charge in [-0.2, -0.15) is 0 Å². The van der Waals surface area contributed by atoms with Crippen LogP contribution < -0.4 is 9.80 Å². The predicted molar refractivity (Wildman–Crippen MR) is 226 cm³/mol. The number of rotatable bonds is 12. The molecule has 0 radical (unpaired) electrons. The standard InChI is InChI=1S/C50H48N2/c1-5-7-15-37-33-45-47(51(39-17-11-9-12-18-39)41-25-21-35(3)22-26-41)32-30-44-38(16-8-6-2)34-46-48(31-29-43(37)49(46)50(44)45)52(40-19-13-10-14-20-40)42-27-23-36(4)24-28-42/h9-14,17-34H,5-8,15-16H2,1-4H3. The first-order chi connectivity index (χ1) is 25.6. The molecule has 0 aliphatic heterocycles. The molecule has 0 aliphatic carbocycles. The van der Waals surface area contributed by atoms with Gasteiger partial charge in [-0.05, 0) is 145 Å². The highest BCUT2D eigenvalue weighted by Crippen LogP contribution is 2.49. The molecule has 2 heteroatoms. The molecular formula is C50H48N2. The van der Waals surface area contributed by atoms with Gasteiger partial charge in [-0.3, -0.25) is 0 Å². The van der Waals surface area contributed by atoms with Crippen molar-refractivity contribution in [2.75, 3.05) is 9.80 Å². The zero-order chi connectivity index (χ0) is 35.6. The zero-order valence-electron chi connectivity index (χ0n) is 31.0. The summed E-state index contributed by atoms with van der Waals surface area (Å²) in [6, 6.07) is 54.4. The third kappa shape index (κ3) is 6.17. The largest absolute Gasteiger partial charge is 0.310 e. The highest BCUT2D eigenvalue weighted by atomic mass is 15.1. The Balaban J connectivity index is 1.50. The van der Waals surface area contributed by atoms with Crippen LogP contribution in [0.4, 0.5) is 34.1 Å². The van der Waals surface area contributed by atoms with Gasteiger partial charge in [-0.15, -0.1) is 0 Å². The highest BCUT2D eigenvalue weighted by Gasteiger charge is 2.24. The van der Waals surface area contributed by atoms with E-state index in [4.69, 9.17) is 0 Å². The van der Waals surface area contributed by atoms with Gasteiger partial charge in [-0.1, -0.05) is 111 Å². The van der Waals surface area contributed by atoms with Crippen LogP contribution in [0.1, 0.15) is 61.8 Å². The Morgan fingerprint density at radius 3 is 1.12 bits per heavy atom. The maximum atomic E-state index is 2.54. The fourth-order valence-electron chi connectivity index (χ4n) is 8.02. The normalized spacial score (nSPS) is 11.5. The van der Waals surface area contributed by atoms with Gasteiger partial charge in [0.25, 0.3) is 0 Å². The number of hydrogen-bond acceptors (Lipinski definition) is 2. The predicted octanol–water partition coefficient (Wildman–Crippen LogP) is 14.8. The molecule has 0 unspecified atom stereocenters. The minimum atomic E-state index is 1.05. The fraction of sp³-hybridized carbons (Fsp3) is 0.200.